The molecule has 3 aromatic rings. The van der Waals surface area contributed by atoms with Gasteiger partial charge in [-0.25, -0.2) is 14.1 Å². The molecule has 6 nitrogen and oxygen atoms in total. The van der Waals surface area contributed by atoms with Gasteiger partial charge >= 0.3 is 0 Å². The molecule has 0 atom stereocenters. The van der Waals surface area contributed by atoms with Crippen molar-refractivity contribution in [2.24, 2.45) is 0 Å². The van der Waals surface area contributed by atoms with Gasteiger partial charge in [0.2, 0.25) is 0 Å². The molecule has 146 valence electrons. The molecule has 3 heterocycles. The van der Waals surface area contributed by atoms with E-state index < -0.39 is 5.82 Å². The molecule has 8 heteroatoms. The van der Waals surface area contributed by atoms with Gasteiger partial charge in [-0.3, -0.25) is 10.1 Å². The highest BCUT2D eigenvalue weighted by molar-refractivity contribution is 7.15. The summed E-state index contributed by atoms with van der Waals surface area (Å²) < 4.78 is 16.2. The molecule has 1 aromatic carbocycles. The summed E-state index contributed by atoms with van der Waals surface area (Å²) in [4.78, 5) is 18.0. The van der Waals surface area contributed by atoms with Crippen LogP contribution in [0.25, 0.3) is 5.69 Å². The quantitative estimate of drug-likeness (QED) is 0.700. The van der Waals surface area contributed by atoms with Crippen molar-refractivity contribution < 1.29 is 9.18 Å². The zero-order chi connectivity index (χ0) is 19.7. The summed E-state index contributed by atoms with van der Waals surface area (Å²) in [5.74, 6) is -0.375. The number of carbonyl (C=O) groups excluding carboxylic acids is 1. The van der Waals surface area contributed by atoms with Crippen LogP contribution >= 0.6 is 11.3 Å². The van der Waals surface area contributed by atoms with Gasteiger partial charge in [-0.05, 0) is 70.0 Å². The number of halogens is 1. The first-order valence-corrected chi connectivity index (χ1v) is 10.1. The van der Waals surface area contributed by atoms with Crippen LogP contribution in [0.4, 0.5) is 9.52 Å². The lowest BCUT2D eigenvalue weighted by Crippen LogP contribution is -2.26. The molecule has 0 unspecified atom stereocenters. The van der Waals surface area contributed by atoms with E-state index in [2.05, 4.69) is 20.7 Å². The highest BCUT2D eigenvalue weighted by Gasteiger charge is 2.19. The number of hydrogen-bond donors (Lipinski definition) is 2. The molecule has 1 saturated heterocycles. The SMILES string of the molecule is Cc1cc(C)n(-c2ccc(C(=O)Nc3ncc(C4CCNCC4)s3)cc2F)n1. The van der Waals surface area contributed by atoms with Gasteiger partial charge in [0.1, 0.15) is 11.5 Å². The molecule has 2 aromatic heterocycles. The molecule has 1 fully saturated rings. The van der Waals surface area contributed by atoms with Crippen LogP contribution in [0, 0.1) is 19.7 Å². The van der Waals surface area contributed by atoms with Gasteiger partial charge in [0.15, 0.2) is 5.13 Å². The van der Waals surface area contributed by atoms with Gasteiger partial charge in [-0.1, -0.05) is 0 Å². The zero-order valence-corrected chi connectivity index (χ0v) is 16.6. The molecule has 0 spiro atoms. The van der Waals surface area contributed by atoms with Gasteiger partial charge < -0.3 is 5.32 Å². The molecule has 0 bridgehead atoms. The number of benzene rings is 1. The summed E-state index contributed by atoms with van der Waals surface area (Å²) in [5, 5.41) is 11.0. The van der Waals surface area contributed by atoms with Gasteiger partial charge in [-0.15, -0.1) is 11.3 Å². The number of hydrogen-bond acceptors (Lipinski definition) is 5. The fraction of sp³-hybridized carbons (Fsp3) is 0.350. The molecule has 1 amide bonds. The predicted molar refractivity (Wildman–Crippen MR) is 108 cm³/mol. The van der Waals surface area contributed by atoms with E-state index >= 15 is 0 Å². The normalized spacial score (nSPS) is 15.0. The molecule has 4 rings (SSSR count). The smallest absolute Gasteiger partial charge is 0.257 e. The Kier molecular flexibility index (Phi) is 5.23. The number of amides is 1. The Hall–Kier alpha value is -2.58. The number of anilines is 1. The van der Waals surface area contributed by atoms with E-state index in [1.165, 1.54) is 22.3 Å². The van der Waals surface area contributed by atoms with Crippen molar-refractivity contribution in [2.45, 2.75) is 32.6 Å². The Balaban J connectivity index is 1.49. The summed E-state index contributed by atoms with van der Waals surface area (Å²) >= 11 is 1.49. The van der Waals surface area contributed by atoms with E-state index in [4.69, 9.17) is 0 Å². The fourth-order valence-electron chi connectivity index (χ4n) is 3.50. The number of rotatable bonds is 4. The average Bonchev–Trinajstić information content (AvgIpc) is 3.28. The summed E-state index contributed by atoms with van der Waals surface area (Å²) in [7, 11) is 0. The summed E-state index contributed by atoms with van der Waals surface area (Å²) in [6, 6.07) is 6.29. The van der Waals surface area contributed by atoms with Crippen LogP contribution in [-0.4, -0.2) is 33.8 Å². The standard InChI is InChI=1S/C20H22FN5OS/c1-12-9-13(2)26(25-12)17-4-3-15(10-16(17)21)19(27)24-20-23-11-18(28-20)14-5-7-22-8-6-14/h3-4,9-11,14,22H,5-8H2,1-2H3,(H,23,24,27). The number of nitrogens with zero attached hydrogens (tertiary/aromatic N) is 3. The average molecular weight is 399 g/mol. The van der Waals surface area contributed by atoms with E-state index in [0.29, 0.717) is 16.7 Å². The van der Waals surface area contributed by atoms with Crippen molar-refractivity contribution in [3.05, 3.63) is 58.1 Å². The Morgan fingerprint density at radius 3 is 2.75 bits per heavy atom. The van der Waals surface area contributed by atoms with Crippen LogP contribution in [0.15, 0.2) is 30.5 Å². The van der Waals surface area contributed by atoms with Gasteiger partial charge in [0.05, 0.1) is 5.69 Å². The summed E-state index contributed by atoms with van der Waals surface area (Å²) in [6.07, 6.45) is 3.99. The topological polar surface area (TPSA) is 71.8 Å². The lowest BCUT2D eigenvalue weighted by molar-refractivity contribution is 0.102. The van der Waals surface area contributed by atoms with Gasteiger partial charge in [0, 0.05) is 22.3 Å². The Labute approximate surface area is 166 Å². The van der Waals surface area contributed by atoms with E-state index in [1.54, 1.807) is 16.8 Å². The molecule has 0 radical (unpaired) electrons. The molecular formula is C20H22FN5OS. The minimum atomic E-state index is -0.492. The van der Waals surface area contributed by atoms with Crippen LogP contribution in [-0.2, 0) is 0 Å². The second-order valence-corrected chi connectivity index (χ2v) is 8.11. The number of piperidine rings is 1. The van der Waals surface area contributed by atoms with Gasteiger partial charge in [0.25, 0.3) is 5.91 Å². The van der Waals surface area contributed by atoms with E-state index in [-0.39, 0.29) is 11.5 Å². The lowest BCUT2D eigenvalue weighted by Gasteiger charge is -2.20. The van der Waals surface area contributed by atoms with Crippen molar-refractivity contribution in [1.29, 1.82) is 0 Å². The molecule has 28 heavy (non-hydrogen) atoms. The van der Waals surface area contributed by atoms with Crippen LogP contribution < -0.4 is 10.6 Å². The third-order valence-electron chi connectivity index (χ3n) is 4.93. The van der Waals surface area contributed by atoms with Crippen molar-refractivity contribution in [3.8, 4) is 5.69 Å². The Morgan fingerprint density at radius 1 is 1.29 bits per heavy atom. The third-order valence-corrected chi connectivity index (χ3v) is 6.01. The summed E-state index contributed by atoms with van der Waals surface area (Å²) in [5.41, 5.74) is 2.22. The first-order chi connectivity index (χ1) is 13.5. The Bertz CT molecular complexity index is 1010. The Morgan fingerprint density at radius 2 is 2.07 bits per heavy atom. The predicted octanol–water partition coefficient (Wildman–Crippen LogP) is 3.80. The molecule has 1 aliphatic rings. The first kappa shape index (κ1) is 18.8. The number of carbonyl (C=O) groups is 1. The number of aromatic nitrogens is 3. The fourth-order valence-corrected chi connectivity index (χ4v) is 4.48. The number of aryl methyl sites for hydroxylation is 2. The minimum Gasteiger partial charge on any atom is -0.317 e. The highest BCUT2D eigenvalue weighted by Crippen LogP contribution is 2.31. The van der Waals surface area contributed by atoms with E-state index in [0.717, 1.165) is 37.3 Å². The van der Waals surface area contributed by atoms with Crippen molar-refractivity contribution >= 4 is 22.4 Å². The van der Waals surface area contributed by atoms with Crippen molar-refractivity contribution in [1.82, 2.24) is 20.1 Å². The second kappa shape index (κ2) is 7.81. The summed E-state index contributed by atoms with van der Waals surface area (Å²) in [6.45, 7) is 5.73. The van der Waals surface area contributed by atoms with Gasteiger partial charge in [-0.2, -0.15) is 5.10 Å². The maximum Gasteiger partial charge on any atom is 0.257 e. The number of thiazole rings is 1. The van der Waals surface area contributed by atoms with Crippen LogP contribution in [0.1, 0.15) is 45.4 Å². The molecular weight excluding hydrogens is 377 g/mol. The van der Waals surface area contributed by atoms with E-state index in [1.807, 2.05) is 26.1 Å². The molecule has 0 saturated carbocycles. The van der Waals surface area contributed by atoms with Crippen molar-refractivity contribution in [2.75, 3.05) is 18.4 Å². The molecule has 1 aliphatic heterocycles. The maximum absolute atomic E-state index is 14.6. The largest absolute Gasteiger partial charge is 0.317 e. The monoisotopic (exact) mass is 399 g/mol. The minimum absolute atomic E-state index is 0.251. The zero-order valence-electron chi connectivity index (χ0n) is 15.8. The van der Waals surface area contributed by atoms with Crippen LogP contribution in [0.5, 0.6) is 0 Å². The van der Waals surface area contributed by atoms with Crippen LogP contribution in [0.3, 0.4) is 0 Å². The molecule has 0 aliphatic carbocycles. The maximum atomic E-state index is 14.6. The highest BCUT2D eigenvalue weighted by atomic mass is 32.1. The molecule has 2 N–H and O–H groups in total. The van der Waals surface area contributed by atoms with Crippen molar-refractivity contribution in [3.63, 3.8) is 0 Å². The first-order valence-electron chi connectivity index (χ1n) is 9.32. The van der Waals surface area contributed by atoms with E-state index in [9.17, 15) is 9.18 Å². The van der Waals surface area contributed by atoms with Crippen LogP contribution in [0.2, 0.25) is 0 Å². The second-order valence-electron chi connectivity index (χ2n) is 7.05. The lowest BCUT2D eigenvalue weighted by atomic mass is 9.97. The number of nitrogens with one attached hydrogen (secondary N) is 2. The third kappa shape index (κ3) is 3.83.